The van der Waals surface area contributed by atoms with E-state index in [1.807, 2.05) is 6.92 Å². The van der Waals surface area contributed by atoms with Crippen LogP contribution in [0.25, 0.3) is 0 Å². The molecule has 1 saturated heterocycles. The van der Waals surface area contributed by atoms with Gasteiger partial charge in [-0.2, -0.15) is 0 Å². The first kappa shape index (κ1) is 15.7. The number of hydrogen-bond donors (Lipinski definition) is 1. The van der Waals surface area contributed by atoms with Crippen molar-refractivity contribution in [3.05, 3.63) is 17.1 Å². The predicted molar refractivity (Wildman–Crippen MR) is 88.3 cm³/mol. The van der Waals surface area contributed by atoms with Gasteiger partial charge in [-0.25, -0.2) is 9.97 Å². The highest BCUT2D eigenvalue weighted by molar-refractivity contribution is 5.48. The second-order valence-electron chi connectivity index (χ2n) is 6.72. The van der Waals surface area contributed by atoms with Crippen molar-refractivity contribution in [2.75, 3.05) is 31.6 Å². The summed E-state index contributed by atoms with van der Waals surface area (Å²) in [7, 11) is 0. The standard InChI is InChI=1S/C17H28N4O/c1-12(2)18-17-15-4-8-21(14-6-10-22-11-7-14)9-5-16(15)19-13(3)20-17/h12,14H,4-11H2,1-3H3,(H,18,19,20). The molecule has 0 aliphatic carbocycles. The first-order valence-corrected chi connectivity index (χ1v) is 8.58. The Morgan fingerprint density at radius 2 is 1.86 bits per heavy atom. The summed E-state index contributed by atoms with van der Waals surface area (Å²) in [5.41, 5.74) is 2.57. The smallest absolute Gasteiger partial charge is 0.133 e. The van der Waals surface area contributed by atoms with E-state index in [9.17, 15) is 0 Å². The van der Waals surface area contributed by atoms with E-state index in [1.54, 1.807) is 0 Å². The quantitative estimate of drug-likeness (QED) is 0.927. The van der Waals surface area contributed by atoms with Gasteiger partial charge in [0.25, 0.3) is 0 Å². The monoisotopic (exact) mass is 304 g/mol. The maximum atomic E-state index is 5.50. The summed E-state index contributed by atoms with van der Waals surface area (Å²) in [5, 5.41) is 3.51. The molecule has 0 unspecified atom stereocenters. The molecule has 0 spiro atoms. The average molecular weight is 304 g/mol. The van der Waals surface area contributed by atoms with E-state index >= 15 is 0 Å². The summed E-state index contributed by atoms with van der Waals surface area (Å²) >= 11 is 0. The molecule has 0 atom stereocenters. The second-order valence-corrected chi connectivity index (χ2v) is 6.72. The van der Waals surface area contributed by atoms with Gasteiger partial charge in [0.2, 0.25) is 0 Å². The molecule has 2 aliphatic heterocycles. The summed E-state index contributed by atoms with van der Waals surface area (Å²) < 4.78 is 5.50. The first-order chi connectivity index (χ1) is 10.6. The van der Waals surface area contributed by atoms with Gasteiger partial charge in [-0.15, -0.1) is 0 Å². The molecule has 0 bridgehead atoms. The normalized spacial score (nSPS) is 20.7. The fourth-order valence-corrected chi connectivity index (χ4v) is 3.55. The average Bonchev–Trinajstić information content (AvgIpc) is 2.70. The van der Waals surface area contributed by atoms with Crippen LogP contribution in [0.15, 0.2) is 0 Å². The van der Waals surface area contributed by atoms with Crippen LogP contribution in [0.2, 0.25) is 0 Å². The summed E-state index contributed by atoms with van der Waals surface area (Å²) in [4.78, 5) is 12.0. The number of anilines is 1. The summed E-state index contributed by atoms with van der Waals surface area (Å²) in [6, 6.07) is 1.08. The molecule has 0 amide bonds. The van der Waals surface area contributed by atoms with Crippen LogP contribution >= 0.6 is 0 Å². The van der Waals surface area contributed by atoms with E-state index < -0.39 is 0 Å². The Morgan fingerprint density at radius 3 is 2.59 bits per heavy atom. The van der Waals surface area contributed by atoms with E-state index in [-0.39, 0.29) is 0 Å². The summed E-state index contributed by atoms with van der Waals surface area (Å²) in [5.74, 6) is 1.92. The van der Waals surface area contributed by atoms with E-state index in [4.69, 9.17) is 9.72 Å². The number of fused-ring (bicyclic) bond motifs is 1. The van der Waals surface area contributed by atoms with E-state index in [2.05, 4.69) is 29.0 Å². The predicted octanol–water partition coefficient (Wildman–Crippen LogP) is 2.18. The van der Waals surface area contributed by atoms with Gasteiger partial charge in [0.05, 0.1) is 5.69 Å². The largest absolute Gasteiger partial charge is 0.381 e. The van der Waals surface area contributed by atoms with Crippen LogP contribution in [0.3, 0.4) is 0 Å². The third-order valence-electron chi connectivity index (χ3n) is 4.62. The fourth-order valence-electron chi connectivity index (χ4n) is 3.55. The SMILES string of the molecule is Cc1nc2c(c(NC(C)C)n1)CCN(C1CCOCC1)CC2. The van der Waals surface area contributed by atoms with Gasteiger partial charge < -0.3 is 10.1 Å². The van der Waals surface area contributed by atoms with Crippen LogP contribution < -0.4 is 5.32 Å². The highest BCUT2D eigenvalue weighted by Gasteiger charge is 2.25. The topological polar surface area (TPSA) is 50.3 Å². The Labute approximate surface area is 133 Å². The molecule has 2 aliphatic rings. The zero-order chi connectivity index (χ0) is 15.5. The lowest BCUT2D eigenvalue weighted by atomic mass is 10.1. The van der Waals surface area contributed by atoms with Gasteiger partial charge in [-0.3, -0.25) is 4.90 Å². The van der Waals surface area contributed by atoms with Crippen LogP contribution in [0, 0.1) is 6.92 Å². The van der Waals surface area contributed by atoms with Crippen LogP contribution in [0.1, 0.15) is 43.8 Å². The molecule has 5 nitrogen and oxygen atoms in total. The maximum Gasteiger partial charge on any atom is 0.133 e. The number of ether oxygens (including phenoxy) is 1. The number of nitrogens with zero attached hydrogens (tertiary/aromatic N) is 3. The molecule has 1 aromatic heterocycles. The molecule has 0 aromatic carbocycles. The van der Waals surface area contributed by atoms with Gasteiger partial charge in [0, 0.05) is 50.4 Å². The lowest BCUT2D eigenvalue weighted by molar-refractivity contribution is 0.0355. The zero-order valence-corrected chi connectivity index (χ0v) is 14.1. The Morgan fingerprint density at radius 1 is 1.14 bits per heavy atom. The number of aromatic nitrogens is 2. The Kier molecular flexibility index (Phi) is 4.93. The molecule has 1 N–H and O–H groups in total. The minimum atomic E-state index is 0.397. The third kappa shape index (κ3) is 3.58. The van der Waals surface area contributed by atoms with Gasteiger partial charge in [0.1, 0.15) is 11.6 Å². The molecular formula is C17H28N4O. The van der Waals surface area contributed by atoms with Crippen molar-refractivity contribution >= 4 is 5.82 Å². The van der Waals surface area contributed by atoms with Crippen LogP contribution in [0.5, 0.6) is 0 Å². The Bertz CT molecular complexity index is 512. The van der Waals surface area contributed by atoms with Crippen molar-refractivity contribution in [3.63, 3.8) is 0 Å². The van der Waals surface area contributed by atoms with Crippen molar-refractivity contribution < 1.29 is 4.74 Å². The van der Waals surface area contributed by atoms with E-state index in [0.717, 1.165) is 63.6 Å². The number of hydrogen-bond acceptors (Lipinski definition) is 5. The van der Waals surface area contributed by atoms with Crippen molar-refractivity contribution in [1.29, 1.82) is 0 Å². The zero-order valence-electron chi connectivity index (χ0n) is 14.1. The van der Waals surface area contributed by atoms with Crippen molar-refractivity contribution in [1.82, 2.24) is 14.9 Å². The second kappa shape index (κ2) is 6.92. The van der Waals surface area contributed by atoms with Crippen molar-refractivity contribution in [2.24, 2.45) is 0 Å². The molecule has 1 aromatic rings. The molecule has 22 heavy (non-hydrogen) atoms. The molecule has 122 valence electrons. The van der Waals surface area contributed by atoms with Crippen LogP contribution in [-0.4, -0.2) is 53.3 Å². The highest BCUT2D eigenvalue weighted by Crippen LogP contribution is 2.24. The molecule has 1 fully saturated rings. The summed E-state index contributed by atoms with van der Waals surface area (Å²) in [6.07, 6.45) is 4.40. The number of rotatable bonds is 3. The minimum Gasteiger partial charge on any atom is -0.381 e. The minimum absolute atomic E-state index is 0.397. The van der Waals surface area contributed by atoms with Crippen LogP contribution in [0.4, 0.5) is 5.82 Å². The van der Waals surface area contributed by atoms with Gasteiger partial charge in [-0.05, 0) is 40.0 Å². The maximum absolute atomic E-state index is 5.50. The summed E-state index contributed by atoms with van der Waals surface area (Å²) in [6.45, 7) is 10.4. The van der Waals surface area contributed by atoms with Gasteiger partial charge in [-0.1, -0.05) is 0 Å². The highest BCUT2D eigenvalue weighted by atomic mass is 16.5. The third-order valence-corrected chi connectivity index (χ3v) is 4.62. The fraction of sp³-hybridized carbons (Fsp3) is 0.765. The van der Waals surface area contributed by atoms with E-state index in [1.165, 1.54) is 11.3 Å². The van der Waals surface area contributed by atoms with E-state index in [0.29, 0.717) is 12.1 Å². The molecular weight excluding hydrogens is 276 g/mol. The molecule has 3 rings (SSSR count). The molecule has 5 heteroatoms. The lowest BCUT2D eigenvalue weighted by Gasteiger charge is -2.33. The Balaban J connectivity index is 1.77. The number of aryl methyl sites for hydroxylation is 1. The van der Waals surface area contributed by atoms with Gasteiger partial charge >= 0.3 is 0 Å². The molecule has 0 saturated carbocycles. The van der Waals surface area contributed by atoms with Crippen molar-refractivity contribution in [2.45, 2.75) is 58.5 Å². The number of nitrogens with one attached hydrogen (secondary N) is 1. The van der Waals surface area contributed by atoms with Crippen molar-refractivity contribution in [3.8, 4) is 0 Å². The molecule has 3 heterocycles. The van der Waals surface area contributed by atoms with Crippen LogP contribution in [-0.2, 0) is 17.6 Å². The first-order valence-electron chi connectivity index (χ1n) is 8.58. The lowest BCUT2D eigenvalue weighted by Crippen LogP contribution is -2.40. The Hall–Kier alpha value is -1.20. The van der Waals surface area contributed by atoms with Gasteiger partial charge in [0.15, 0.2) is 0 Å². The molecule has 0 radical (unpaired) electrons.